The van der Waals surface area contributed by atoms with Gasteiger partial charge >= 0.3 is 0 Å². The van der Waals surface area contributed by atoms with Crippen LogP contribution in [0.3, 0.4) is 0 Å². The fourth-order valence-electron chi connectivity index (χ4n) is 35.6. The third-order valence-corrected chi connectivity index (χ3v) is 43.6. The van der Waals surface area contributed by atoms with E-state index in [4.69, 9.17) is 25.8 Å². The first-order valence-corrected chi connectivity index (χ1v) is 49.2. The molecule has 0 aromatic carbocycles. The van der Waals surface area contributed by atoms with E-state index in [1.165, 1.54) is 16.7 Å². The Bertz CT molecular complexity index is 4520. The predicted molar refractivity (Wildman–Crippen MR) is 474 cm³/mol. The number of nitrogens with zero attached hydrogens (tertiary/aromatic N) is 9. The second-order valence-corrected chi connectivity index (χ2v) is 51.4. The number of amides is 3. The topological polar surface area (TPSA) is 288 Å². The van der Waals surface area contributed by atoms with Crippen LogP contribution in [0.15, 0.2) is 52.6 Å². The van der Waals surface area contributed by atoms with Gasteiger partial charge in [-0.15, -0.1) is 10.2 Å². The van der Waals surface area contributed by atoms with Gasteiger partial charge in [0.25, 0.3) is 18.4 Å². The van der Waals surface area contributed by atoms with Gasteiger partial charge in [-0.2, -0.15) is 0 Å². The highest BCUT2D eigenvalue weighted by molar-refractivity contribution is 5.86. The highest BCUT2D eigenvalue weighted by atomic mass is 16.3. The zero-order chi connectivity index (χ0) is 88.4. The van der Waals surface area contributed by atoms with Crippen LogP contribution in [-0.2, 0) is 40.6 Å². The quantitative estimate of drug-likeness (QED) is 0.0629. The number of rotatable bonds is 14. The Morgan fingerprint density at radius 3 is 1.04 bits per heavy atom. The Balaban J connectivity index is 0.604. The van der Waals surface area contributed by atoms with Gasteiger partial charge in [0, 0.05) is 0 Å². The summed E-state index contributed by atoms with van der Waals surface area (Å²) in [6, 6.07) is -0.422. The van der Waals surface area contributed by atoms with E-state index in [2.05, 4.69) is 180 Å². The molecule has 3 heterocycles. The number of carbonyl (C=O) groups is 3. The van der Waals surface area contributed by atoms with E-state index in [1.807, 2.05) is 23.3 Å². The van der Waals surface area contributed by atoms with Crippen LogP contribution in [0.1, 0.15) is 330 Å². The van der Waals surface area contributed by atoms with Crippen LogP contribution in [0.2, 0.25) is 0 Å². The lowest BCUT2D eigenvalue weighted by atomic mass is 9.33. The average Bonchev–Trinajstić information content (AvgIpc) is 1.60. The molecular weight excluding hydrogens is 1540 g/mol. The van der Waals surface area contributed by atoms with Crippen molar-refractivity contribution < 1.29 is 54.4 Å². The van der Waals surface area contributed by atoms with Crippen molar-refractivity contribution in [3.05, 3.63) is 58.7 Å². The molecule has 21 nitrogen and oxygen atoms in total. The fraction of sp³-hybridized carbons (Fsp3) is 0.863. The number of fused-ring (bicyclic) bond motifs is 21. The summed E-state index contributed by atoms with van der Waals surface area (Å²) in [7, 11) is 0. The molecule has 0 spiro atoms. The number of hydrogen-bond acceptors (Lipinski definition) is 14. The molecule has 123 heavy (non-hydrogen) atoms. The van der Waals surface area contributed by atoms with Crippen molar-refractivity contribution in [2.75, 3.05) is 13.2 Å². The van der Waals surface area contributed by atoms with Crippen LogP contribution in [0.5, 0.6) is 0 Å². The van der Waals surface area contributed by atoms with Crippen LogP contribution in [0, 0.1) is 151 Å². The minimum Gasteiger partial charge on any atom is -0.393 e. The molecule has 18 rings (SSSR count). The van der Waals surface area contributed by atoms with Crippen LogP contribution in [0.4, 0.5) is 0 Å². The summed E-state index contributed by atoms with van der Waals surface area (Å²) < 4.78 is 7.40. The van der Waals surface area contributed by atoms with Crippen LogP contribution >= 0.6 is 0 Å². The molecule has 2 aromatic rings. The van der Waals surface area contributed by atoms with Gasteiger partial charge < -0.3 is 41.3 Å². The summed E-state index contributed by atoms with van der Waals surface area (Å²) in [5.41, 5.74) is 0.401. The first-order valence-electron chi connectivity index (χ1n) is 49.2. The molecule has 21 heteroatoms. The maximum absolute atomic E-state index is 15.8. The first-order chi connectivity index (χ1) is 57.3. The lowest BCUT2D eigenvalue weighted by Gasteiger charge is -2.71. The molecule has 27 atom stereocenters. The van der Waals surface area contributed by atoms with Crippen molar-refractivity contribution in [3.63, 3.8) is 0 Å². The van der Waals surface area contributed by atoms with Gasteiger partial charge in [-0.3, -0.25) is 19.7 Å². The number of aliphatic hydroxyl groups excluding tert-OH is 6. The normalized spacial score (nSPS) is 47.4. The van der Waals surface area contributed by atoms with Crippen molar-refractivity contribution in [2.45, 2.75) is 388 Å². The number of carbonyl (C=O) groups excluding carboxylic acids is 3. The largest absolute Gasteiger partial charge is 0.393 e. The second kappa shape index (κ2) is 28.7. The number of aliphatic hydroxyl groups is 6. The van der Waals surface area contributed by atoms with E-state index >= 15 is 14.4 Å². The summed E-state index contributed by atoms with van der Waals surface area (Å²) in [5, 5.41) is 108. The lowest BCUT2D eigenvalue weighted by molar-refractivity contribution is -0.713. The van der Waals surface area contributed by atoms with Gasteiger partial charge in [0.1, 0.15) is 24.5 Å². The average molecular weight is 1700 g/mol. The van der Waals surface area contributed by atoms with E-state index in [-0.39, 0.29) is 155 Å². The Morgan fingerprint density at radius 1 is 0.398 bits per heavy atom. The van der Waals surface area contributed by atoms with E-state index in [0.29, 0.717) is 105 Å². The van der Waals surface area contributed by atoms with Gasteiger partial charge in [-0.05, 0) is 317 Å². The monoisotopic (exact) mass is 1700 g/mol. The molecule has 9 N–H and O–H groups in total. The molecule has 2 aromatic heterocycles. The summed E-state index contributed by atoms with van der Waals surface area (Å²) in [4.78, 5) is 47.1. The summed E-state index contributed by atoms with van der Waals surface area (Å²) in [6.45, 7) is 51.4. The van der Waals surface area contributed by atoms with Crippen molar-refractivity contribution in [1.29, 1.82) is 0 Å². The van der Waals surface area contributed by atoms with E-state index in [0.717, 1.165) is 135 Å². The highest BCUT2D eigenvalue weighted by Crippen LogP contribution is 2.81. The van der Waals surface area contributed by atoms with Gasteiger partial charge in [-0.25, -0.2) is 9.36 Å². The molecule has 0 radical (unpaired) electrons. The maximum Gasteiger partial charge on any atom is 0.267 e. The van der Waals surface area contributed by atoms with Gasteiger partial charge in [0.05, 0.1) is 78.4 Å². The molecule has 15 aliphatic carbocycles. The van der Waals surface area contributed by atoms with Crippen molar-refractivity contribution in [2.24, 2.45) is 156 Å². The molecule has 16 aliphatic rings. The van der Waals surface area contributed by atoms with Crippen LogP contribution in [-0.4, -0.2) is 150 Å². The fourth-order valence-corrected chi connectivity index (χ4v) is 35.6. The first kappa shape index (κ1) is 88.6. The second-order valence-electron chi connectivity index (χ2n) is 51.4. The number of aromatic nitrogens is 6. The van der Waals surface area contributed by atoms with Crippen LogP contribution < -0.4 is 16.0 Å². The van der Waals surface area contributed by atoms with E-state index in [1.54, 1.807) is 14.0 Å². The van der Waals surface area contributed by atoms with Crippen molar-refractivity contribution >= 4 is 23.9 Å². The molecule has 0 bridgehead atoms. The lowest BCUT2D eigenvalue weighted by Crippen LogP contribution is -2.68. The summed E-state index contributed by atoms with van der Waals surface area (Å²) >= 11 is 0. The van der Waals surface area contributed by atoms with E-state index < -0.39 is 40.6 Å². The smallest absolute Gasteiger partial charge is 0.267 e. The molecule has 9 unspecified atom stereocenters. The Kier molecular flexibility index (Phi) is 20.7. The number of nitrogens with one attached hydrogen (secondary N) is 3. The minimum absolute atomic E-state index is 0.0339. The Morgan fingerprint density at radius 2 is 0.715 bits per heavy atom. The SMILES string of the molecule is CC1(C)CC[C@@]2(C(=O)NCc3cn(CC(Cn4cc(CNC(=O)[C@]56CCC(C)(C)CC5C5=CCC7[C@@]8(C)CC[C@H](O)C(C)(C)C8CC[C@@]7(C)[C@]5(C)C[C@H]6O)nn4)[N+]4=N[N+](CNC(=O)[C@]56CCC(C)(C)CC5C5=CCC7[C@@]8(C)CC[C@H](O)C(C)(C)C8CC[C@@]7(C)[C@]5(C)C[C@H]6O)=CC4)nn3)C(C1)C1=CCC3[C@@]4(C)CC[C@H](O)C(C)(C)C4CC[C@@]3(C)[C@]1(C)C[C@H]2O. The third-order valence-electron chi connectivity index (χ3n) is 43.6. The molecule has 12 saturated carbocycles. The van der Waals surface area contributed by atoms with Crippen LogP contribution in [0.25, 0.3) is 0 Å². The van der Waals surface area contributed by atoms with Gasteiger partial charge in [0.2, 0.25) is 30.0 Å². The Hall–Kier alpha value is -5.06. The summed E-state index contributed by atoms with van der Waals surface area (Å²) in [5.74, 6) is 1.55. The third kappa shape index (κ3) is 12.5. The van der Waals surface area contributed by atoms with Crippen molar-refractivity contribution in [3.8, 4) is 0 Å². The molecule has 1 aliphatic heterocycles. The summed E-state index contributed by atoms with van der Waals surface area (Å²) in [6.07, 6.45) is 32.5. The molecular formula is C102H160N12O9+2. The minimum atomic E-state index is -1.03. The standard InChI is InChI=1S/C102H158N12O9/c1-85(2)40-43-100(67(48-85)64-22-25-73-91(13)34-31-76(115)88(7,8)70(91)28-37-94(73,16)97(64,19)51-79(100)118)82(121)103-54-61-56-112(108-106-61)58-63(114-47-46-111(110-114)60-105-84(123)102-45-42-87(5,6)50-69(102)66-24-27-75-93(15)36-33-78(117)90(11,12)72(93)30-39-96(75,18)99(66,21)53-81(102)120)59-113-57-62(107-109-113)55-104-83(122)101-44-41-86(3,4)49-68(101)65-23-26-74-92(14)35-32-77(116)89(9,10)71(92)29-38-95(74,17)98(65,20)52-80(101)119/h22-24,46,56-57,63,67-81,115-120H,25-45,47-55,58-60H2,1-21H3,(H-2,103,104,105,121,122,123)/p+2/t63?,67?,68?,69?,70?,71?,72?,73?,74?,75?,76-,77-,78-,79+,80+,81+,91-,92-,93-,94+,95+,96+,97+,98+,99+,100+,101+,102+/m0/s1. The van der Waals surface area contributed by atoms with Crippen molar-refractivity contribution in [1.82, 2.24) is 45.9 Å². The Labute approximate surface area is 735 Å². The number of hydrogen-bond donors (Lipinski definition) is 9. The zero-order valence-corrected chi connectivity index (χ0v) is 79.5. The van der Waals surface area contributed by atoms with E-state index in [9.17, 15) is 30.6 Å². The molecule has 0 saturated heterocycles. The number of allylic oxidation sites excluding steroid dienone is 6. The van der Waals surface area contributed by atoms with Gasteiger partial charge in [-0.1, -0.05) is 191 Å². The molecule has 3 amide bonds. The molecule has 12 fully saturated rings. The van der Waals surface area contributed by atoms with Gasteiger partial charge in [0.15, 0.2) is 0 Å². The molecule has 680 valence electrons. The highest BCUT2D eigenvalue weighted by Gasteiger charge is 2.76. The zero-order valence-electron chi connectivity index (χ0n) is 79.5. The maximum atomic E-state index is 15.8. The predicted octanol–water partition coefficient (Wildman–Crippen LogP) is 16.1.